The van der Waals surface area contributed by atoms with Crippen molar-refractivity contribution >= 4 is 50.8 Å². The first kappa shape index (κ1) is 24.7. The largest absolute Gasteiger partial charge is 0.392 e. The topological polar surface area (TPSA) is 75.4 Å². The first-order valence-corrected chi connectivity index (χ1v) is 13.5. The van der Waals surface area contributed by atoms with Gasteiger partial charge in [0.25, 0.3) is 5.91 Å². The molecule has 2 aromatic heterocycles. The van der Waals surface area contributed by atoms with E-state index < -0.39 is 0 Å². The van der Waals surface area contributed by atoms with Crippen LogP contribution in [0.3, 0.4) is 0 Å². The zero-order valence-electron chi connectivity index (χ0n) is 20.1. The van der Waals surface area contributed by atoms with Gasteiger partial charge in [-0.05, 0) is 55.2 Å². The minimum atomic E-state index is -0.248. The molecule has 186 valence electrons. The summed E-state index contributed by atoms with van der Waals surface area (Å²) in [6.45, 7) is 1.74. The van der Waals surface area contributed by atoms with Crippen molar-refractivity contribution < 1.29 is 14.7 Å². The van der Waals surface area contributed by atoms with Crippen LogP contribution in [0.5, 0.6) is 0 Å². The van der Waals surface area contributed by atoms with E-state index in [4.69, 9.17) is 11.6 Å². The third-order valence-corrected chi connectivity index (χ3v) is 8.15. The first-order valence-electron chi connectivity index (χ1n) is 12.2. The summed E-state index contributed by atoms with van der Waals surface area (Å²) in [4.78, 5) is 33.9. The molecule has 0 spiro atoms. The van der Waals surface area contributed by atoms with Crippen LogP contribution in [0.15, 0.2) is 54.0 Å². The molecular weight excluding hydrogens is 494 g/mol. The van der Waals surface area contributed by atoms with Gasteiger partial charge in [-0.2, -0.15) is 0 Å². The van der Waals surface area contributed by atoms with E-state index in [1.54, 1.807) is 41.1 Å². The molecule has 0 saturated heterocycles. The van der Waals surface area contributed by atoms with Gasteiger partial charge in [0, 0.05) is 28.7 Å². The Kier molecular flexibility index (Phi) is 7.23. The molecule has 0 unspecified atom stereocenters. The molecule has 2 aromatic carbocycles. The Morgan fingerprint density at radius 1 is 1.17 bits per heavy atom. The third kappa shape index (κ3) is 4.59. The highest BCUT2D eigenvalue weighted by Gasteiger charge is 2.30. The van der Waals surface area contributed by atoms with Crippen LogP contribution in [0.25, 0.3) is 10.9 Å². The first-order chi connectivity index (χ1) is 17.5. The fraction of sp³-hybridized carbons (Fsp3) is 0.321. The molecule has 0 atom stereocenters. The lowest BCUT2D eigenvalue weighted by Gasteiger charge is -2.32. The number of hydrogen-bond donors (Lipinski definition) is 1. The molecule has 1 saturated carbocycles. The van der Waals surface area contributed by atoms with Crippen LogP contribution >= 0.6 is 22.9 Å². The number of nitrogens with zero attached hydrogens (tertiary/aromatic N) is 3. The van der Waals surface area contributed by atoms with Gasteiger partial charge in [0.2, 0.25) is 5.91 Å². The summed E-state index contributed by atoms with van der Waals surface area (Å²) >= 11 is 7.84. The lowest BCUT2D eigenvalue weighted by molar-refractivity contribution is -0.118. The van der Waals surface area contributed by atoms with Gasteiger partial charge >= 0.3 is 0 Å². The Morgan fingerprint density at radius 3 is 2.64 bits per heavy atom. The molecule has 36 heavy (non-hydrogen) atoms. The minimum Gasteiger partial charge on any atom is -0.392 e. The average Bonchev–Trinajstić information content (AvgIpc) is 3.51. The number of aliphatic hydroxyl groups is 1. The van der Waals surface area contributed by atoms with Crippen LogP contribution in [0.2, 0.25) is 5.02 Å². The van der Waals surface area contributed by atoms with E-state index >= 15 is 0 Å². The highest BCUT2D eigenvalue weighted by atomic mass is 35.5. The number of rotatable bonds is 6. The summed E-state index contributed by atoms with van der Waals surface area (Å²) in [7, 11) is 0. The average molecular weight is 522 g/mol. The SMILES string of the molecule is Cc1c(CC(=O)N(c2nccs2)C2CCCCC2)c2cc(CO)ccc2n1C(=O)c1ccccc1Cl. The fourth-order valence-corrected chi connectivity index (χ4v) is 6.19. The molecule has 0 aliphatic heterocycles. The number of benzene rings is 2. The van der Waals surface area contributed by atoms with Crippen LogP contribution < -0.4 is 4.90 Å². The van der Waals surface area contributed by atoms with Crippen molar-refractivity contribution in [1.29, 1.82) is 0 Å². The van der Waals surface area contributed by atoms with Crippen LogP contribution in [-0.2, 0) is 17.8 Å². The van der Waals surface area contributed by atoms with Crippen molar-refractivity contribution in [3.05, 3.63) is 81.4 Å². The maximum atomic E-state index is 13.9. The van der Waals surface area contributed by atoms with Gasteiger partial charge in [0.05, 0.1) is 29.1 Å². The Hall–Kier alpha value is -3.00. The number of anilines is 1. The molecule has 1 aliphatic carbocycles. The zero-order valence-corrected chi connectivity index (χ0v) is 21.7. The maximum Gasteiger partial charge on any atom is 0.264 e. The lowest BCUT2D eigenvalue weighted by atomic mass is 9.94. The van der Waals surface area contributed by atoms with Crippen molar-refractivity contribution in [3.63, 3.8) is 0 Å². The van der Waals surface area contributed by atoms with E-state index in [-0.39, 0.29) is 30.9 Å². The van der Waals surface area contributed by atoms with Crippen LogP contribution in [0.1, 0.15) is 59.3 Å². The van der Waals surface area contributed by atoms with Crippen LogP contribution in [-0.4, -0.2) is 32.5 Å². The van der Waals surface area contributed by atoms with Crippen molar-refractivity contribution in [3.8, 4) is 0 Å². The van der Waals surface area contributed by atoms with E-state index in [2.05, 4.69) is 4.98 Å². The van der Waals surface area contributed by atoms with E-state index in [9.17, 15) is 14.7 Å². The summed E-state index contributed by atoms with van der Waals surface area (Å²) in [5.74, 6) is -0.277. The molecule has 0 bridgehead atoms. The monoisotopic (exact) mass is 521 g/mol. The molecule has 6 nitrogen and oxygen atoms in total. The van der Waals surface area contributed by atoms with Gasteiger partial charge in [0.1, 0.15) is 0 Å². The smallest absolute Gasteiger partial charge is 0.264 e. The highest BCUT2D eigenvalue weighted by molar-refractivity contribution is 7.13. The van der Waals surface area contributed by atoms with E-state index in [0.29, 0.717) is 21.8 Å². The normalized spacial score (nSPS) is 14.3. The highest BCUT2D eigenvalue weighted by Crippen LogP contribution is 2.33. The quantitative estimate of drug-likeness (QED) is 0.330. The second kappa shape index (κ2) is 10.5. The Balaban J connectivity index is 1.59. The van der Waals surface area contributed by atoms with Gasteiger partial charge in [-0.15, -0.1) is 11.3 Å². The number of carbonyl (C=O) groups is 2. The van der Waals surface area contributed by atoms with Gasteiger partial charge in [0.15, 0.2) is 5.13 Å². The number of halogens is 1. The standard InChI is InChI=1S/C28H28ClN3O3S/c1-18-22(16-26(34)32(28-30-13-14-36-28)20-7-3-2-4-8-20)23-15-19(17-33)11-12-25(23)31(18)27(35)21-9-5-6-10-24(21)29/h5-6,9-15,20,33H,2-4,7-8,16-17H2,1H3. The number of amides is 1. The molecule has 8 heteroatoms. The predicted molar refractivity (Wildman–Crippen MR) is 144 cm³/mol. The predicted octanol–water partition coefficient (Wildman–Crippen LogP) is 6.15. The summed E-state index contributed by atoms with van der Waals surface area (Å²) in [5.41, 5.74) is 3.29. The Morgan fingerprint density at radius 2 is 1.94 bits per heavy atom. The molecule has 1 fully saturated rings. The van der Waals surface area contributed by atoms with E-state index in [1.807, 2.05) is 29.3 Å². The number of aromatic nitrogens is 2. The maximum absolute atomic E-state index is 13.9. The molecule has 0 radical (unpaired) electrons. The molecule has 1 aliphatic rings. The number of carbonyl (C=O) groups excluding carboxylic acids is 2. The summed E-state index contributed by atoms with van der Waals surface area (Å²) in [6, 6.07) is 12.6. The molecular formula is C28H28ClN3O3S. The Labute approximate surface area is 219 Å². The van der Waals surface area contributed by atoms with Crippen LogP contribution in [0.4, 0.5) is 5.13 Å². The molecule has 1 amide bonds. The fourth-order valence-electron chi connectivity index (χ4n) is 5.25. The summed E-state index contributed by atoms with van der Waals surface area (Å²) < 4.78 is 1.63. The zero-order chi connectivity index (χ0) is 25.2. The van der Waals surface area contributed by atoms with Crippen molar-refractivity contribution in [2.24, 2.45) is 0 Å². The number of fused-ring (bicyclic) bond motifs is 1. The van der Waals surface area contributed by atoms with Crippen LogP contribution in [0, 0.1) is 6.92 Å². The lowest BCUT2D eigenvalue weighted by Crippen LogP contribution is -2.42. The van der Waals surface area contributed by atoms with Crippen molar-refractivity contribution in [2.75, 3.05) is 4.90 Å². The molecule has 2 heterocycles. The number of aliphatic hydroxyl groups excluding tert-OH is 1. The molecule has 5 rings (SSSR count). The third-order valence-electron chi connectivity index (χ3n) is 7.05. The van der Waals surface area contributed by atoms with Crippen molar-refractivity contribution in [2.45, 2.75) is 58.1 Å². The summed E-state index contributed by atoms with van der Waals surface area (Å²) in [5, 5.41) is 13.6. The Bertz CT molecular complexity index is 1410. The second-order valence-electron chi connectivity index (χ2n) is 9.24. The minimum absolute atomic E-state index is 0.0291. The summed E-state index contributed by atoms with van der Waals surface area (Å²) in [6.07, 6.45) is 7.19. The van der Waals surface area contributed by atoms with E-state index in [0.717, 1.165) is 47.3 Å². The van der Waals surface area contributed by atoms with Gasteiger partial charge < -0.3 is 5.11 Å². The van der Waals surface area contributed by atoms with Gasteiger partial charge in [-0.1, -0.05) is 49.1 Å². The molecule has 1 N–H and O–H groups in total. The van der Waals surface area contributed by atoms with Crippen molar-refractivity contribution in [1.82, 2.24) is 9.55 Å². The second-order valence-corrected chi connectivity index (χ2v) is 10.5. The van der Waals surface area contributed by atoms with Gasteiger partial charge in [-0.3, -0.25) is 19.1 Å². The number of hydrogen-bond acceptors (Lipinski definition) is 5. The number of thiazole rings is 1. The van der Waals surface area contributed by atoms with Gasteiger partial charge in [-0.25, -0.2) is 4.98 Å². The molecule has 4 aromatic rings. The van der Waals surface area contributed by atoms with E-state index in [1.165, 1.54) is 17.8 Å².